The van der Waals surface area contributed by atoms with Gasteiger partial charge in [-0.2, -0.15) is 0 Å². The van der Waals surface area contributed by atoms with Gasteiger partial charge in [-0.3, -0.25) is 0 Å². The molecule has 1 aliphatic carbocycles. The lowest BCUT2D eigenvalue weighted by Crippen LogP contribution is -2.27. The Balaban J connectivity index is 1.94. The zero-order valence-corrected chi connectivity index (χ0v) is 10.4. The Bertz CT molecular complexity index is 319. The van der Waals surface area contributed by atoms with Crippen molar-refractivity contribution in [2.24, 2.45) is 5.92 Å². The summed E-state index contributed by atoms with van der Waals surface area (Å²) in [6.45, 7) is 5.61. The predicted octanol–water partition coefficient (Wildman–Crippen LogP) is 3.28. The van der Waals surface area contributed by atoms with E-state index < -0.39 is 0 Å². The van der Waals surface area contributed by atoms with Crippen LogP contribution in [0.2, 0.25) is 0 Å². The van der Waals surface area contributed by atoms with E-state index in [0.29, 0.717) is 6.04 Å². The molecule has 0 spiro atoms. The normalized spacial score (nSPS) is 25.6. The lowest BCUT2D eigenvalue weighted by molar-refractivity contribution is 0.357. The van der Waals surface area contributed by atoms with Crippen LogP contribution in [0.4, 0.5) is 5.95 Å². The van der Waals surface area contributed by atoms with E-state index in [-0.39, 0.29) is 0 Å². The molecular weight excluding hydrogens is 198 g/mol. The molecule has 1 saturated carbocycles. The molecule has 1 aliphatic rings. The summed E-state index contributed by atoms with van der Waals surface area (Å²) in [5, 5.41) is 3.60. The summed E-state index contributed by atoms with van der Waals surface area (Å²) in [5.74, 6) is 1.92. The van der Waals surface area contributed by atoms with Gasteiger partial charge in [0.2, 0.25) is 5.95 Å². The van der Waals surface area contributed by atoms with Crippen LogP contribution in [-0.4, -0.2) is 15.6 Å². The number of nitrogens with one attached hydrogen (secondary N) is 1. The maximum absolute atomic E-state index is 4.41. The van der Waals surface area contributed by atoms with Crippen LogP contribution in [0.25, 0.3) is 0 Å². The van der Waals surface area contributed by atoms with Crippen molar-refractivity contribution >= 4 is 5.95 Å². The molecule has 90 valence electrons. The van der Waals surface area contributed by atoms with Crippen molar-refractivity contribution in [2.75, 3.05) is 5.32 Å². The number of aryl methyl sites for hydroxylation is 1. The first-order valence-corrected chi connectivity index (χ1v) is 6.57. The van der Waals surface area contributed by atoms with Crippen LogP contribution in [0.3, 0.4) is 0 Å². The highest BCUT2D eigenvalue weighted by molar-refractivity contribution is 5.27. The highest BCUT2D eigenvalue weighted by atomic mass is 15.2. The number of anilines is 1. The first-order chi connectivity index (χ1) is 7.79. The zero-order chi connectivity index (χ0) is 11.4. The van der Waals surface area contributed by atoms with E-state index in [2.05, 4.69) is 34.9 Å². The second kappa shape index (κ2) is 5.37. The highest BCUT2D eigenvalue weighted by Gasteiger charge is 2.19. The Morgan fingerprint density at radius 1 is 1.50 bits per heavy atom. The van der Waals surface area contributed by atoms with Crippen LogP contribution in [0, 0.1) is 5.92 Å². The molecule has 1 aromatic rings. The van der Waals surface area contributed by atoms with E-state index in [9.17, 15) is 0 Å². The van der Waals surface area contributed by atoms with Crippen LogP contribution in [0.1, 0.15) is 46.0 Å². The number of hydrogen-bond acceptors (Lipinski definition) is 2. The fourth-order valence-electron chi connectivity index (χ4n) is 2.62. The van der Waals surface area contributed by atoms with E-state index >= 15 is 0 Å². The molecule has 3 nitrogen and oxygen atoms in total. The van der Waals surface area contributed by atoms with Crippen LogP contribution < -0.4 is 5.32 Å². The van der Waals surface area contributed by atoms with Gasteiger partial charge in [0, 0.05) is 25.0 Å². The van der Waals surface area contributed by atoms with Gasteiger partial charge >= 0.3 is 0 Å². The van der Waals surface area contributed by atoms with Crippen molar-refractivity contribution in [3.8, 4) is 0 Å². The van der Waals surface area contributed by atoms with E-state index in [1.54, 1.807) is 0 Å². The van der Waals surface area contributed by atoms with Crippen molar-refractivity contribution in [1.82, 2.24) is 9.55 Å². The smallest absolute Gasteiger partial charge is 0.202 e. The van der Waals surface area contributed by atoms with Crippen LogP contribution in [0.5, 0.6) is 0 Å². The number of rotatable bonds is 4. The largest absolute Gasteiger partial charge is 0.353 e. The van der Waals surface area contributed by atoms with Gasteiger partial charge in [-0.05, 0) is 25.2 Å². The van der Waals surface area contributed by atoms with E-state index in [1.807, 2.05) is 6.20 Å². The molecule has 1 heterocycles. The summed E-state index contributed by atoms with van der Waals surface area (Å²) in [6.07, 6.45) is 10.5. The number of nitrogens with zero attached hydrogens (tertiary/aromatic N) is 2. The Labute approximate surface area is 98.3 Å². The lowest BCUT2D eigenvalue weighted by Gasteiger charge is -2.28. The van der Waals surface area contributed by atoms with Crippen molar-refractivity contribution in [1.29, 1.82) is 0 Å². The zero-order valence-electron chi connectivity index (χ0n) is 10.4. The molecule has 3 heteroatoms. The molecule has 0 aromatic carbocycles. The predicted molar refractivity (Wildman–Crippen MR) is 67.6 cm³/mol. The molecule has 0 aliphatic heterocycles. The van der Waals surface area contributed by atoms with E-state index in [4.69, 9.17) is 0 Å². The molecule has 0 saturated heterocycles. The third kappa shape index (κ3) is 2.77. The first kappa shape index (κ1) is 11.5. The third-order valence-corrected chi connectivity index (χ3v) is 3.45. The van der Waals surface area contributed by atoms with Crippen LogP contribution in [-0.2, 0) is 6.54 Å². The Hall–Kier alpha value is -0.990. The van der Waals surface area contributed by atoms with Gasteiger partial charge in [0.25, 0.3) is 0 Å². The lowest BCUT2D eigenvalue weighted by atomic mass is 9.87. The molecule has 1 fully saturated rings. The summed E-state index contributed by atoms with van der Waals surface area (Å²) in [6, 6.07) is 0.627. The minimum absolute atomic E-state index is 0.627. The van der Waals surface area contributed by atoms with Gasteiger partial charge in [-0.15, -0.1) is 0 Å². The number of imidazole rings is 1. The van der Waals surface area contributed by atoms with Gasteiger partial charge in [-0.25, -0.2) is 4.98 Å². The molecule has 1 N–H and O–H groups in total. The highest BCUT2D eigenvalue weighted by Crippen LogP contribution is 2.25. The molecule has 1 aromatic heterocycles. The molecule has 2 rings (SSSR count). The second-order valence-electron chi connectivity index (χ2n) is 5.06. The fourth-order valence-corrected chi connectivity index (χ4v) is 2.62. The van der Waals surface area contributed by atoms with Crippen molar-refractivity contribution in [2.45, 2.75) is 58.5 Å². The van der Waals surface area contributed by atoms with Crippen LogP contribution >= 0.6 is 0 Å². The monoisotopic (exact) mass is 221 g/mol. The summed E-state index contributed by atoms with van der Waals surface area (Å²) in [7, 11) is 0. The van der Waals surface area contributed by atoms with Gasteiger partial charge in [0.05, 0.1) is 0 Å². The first-order valence-electron chi connectivity index (χ1n) is 6.57. The minimum atomic E-state index is 0.627. The maximum Gasteiger partial charge on any atom is 0.202 e. The Kier molecular flexibility index (Phi) is 3.86. The average Bonchev–Trinajstić information content (AvgIpc) is 2.66. The second-order valence-corrected chi connectivity index (χ2v) is 5.06. The van der Waals surface area contributed by atoms with Gasteiger partial charge < -0.3 is 9.88 Å². The third-order valence-electron chi connectivity index (χ3n) is 3.45. The van der Waals surface area contributed by atoms with Gasteiger partial charge in [0.15, 0.2) is 0 Å². The standard InChI is InChI=1S/C13H23N3/c1-3-8-16-9-7-14-13(16)15-12-6-4-5-11(2)10-12/h7,9,11-12H,3-6,8,10H2,1-2H3,(H,14,15). The summed E-state index contributed by atoms with van der Waals surface area (Å²) in [5.41, 5.74) is 0. The Morgan fingerprint density at radius 2 is 2.38 bits per heavy atom. The van der Waals surface area contributed by atoms with E-state index in [1.165, 1.54) is 25.7 Å². The summed E-state index contributed by atoms with van der Waals surface area (Å²) >= 11 is 0. The van der Waals surface area contributed by atoms with Crippen molar-refractivity contribution < 1.29 is 0 Å². The fraction of sp³-hybridized carbons (Fsp3) is 0.769. The van der Waals surface area contributed by atoms with E-state index in [0.717, 1.165) is 24.8 Å². The summed E-state index contributed by atoms with van der Waals surface area (Å²) in [4.78, 5) is 4.41. The van der Waals surface area contributed by atoms with Crippen molar-refractivity contribution in [3.63, 3.8) is 0 Å². The van der Waals surface area contributed by atoms with Crippen molar-refractivity contribution in [3.05, 3.63) is 12.4 Å². The molecule has 0 radical (unpaired) electrons. The topological polar surface area (TPSA) is 29.9 Å². The van der Waals surface area contributed by atoms with Gasteiger partial charge in [0.1, 0.15) is 0 Å². The quantitative estimate of drug-likeness (QED) is 0.845. The molecule has 16 heavy (non-hydrogen) atoms. The Morgan fingerprint density at radius 3 is 3.12 bits per heavy atom. The maximum atomic E-state index is 4.41. The average molecular weight is 221 g/mol. The number of aromatic nitrogens is 2. The van der Waals surface area contributed by atoms with Gasteiger partial charge in [-0.1, -0.05) is 26.7 Å². The number of hydrogen-bond donors (Lipinski definition) is 1. The molecular formula is C13H23N3. The molecule has 0 amide bonds. The van der Waals surface area contributed by atoms with Crippen LogP contribution in [0.15, 0.2) is 12.4 Å². The molecule has 2 atom stereocenters. The SMILES string of the molecule is CCCn1ccnc1NC1CCCC(C)C1. The minimum Gasteiger partial charge on any atom is -0.353 e. The molecule has 2 unspecified atom stereocenters. The molecule has 0 bridgehead atoms. The summed E-state index contributed by atoms with van der Waals surface area (Å²) < 4.78 is 2.22.